The summed E-state index contributed by atoms with van der Waals surface area (Å²) < 4.78 is 32.1. The van der Waals surface area contributed by atoms with Crippen LogP contribution in [-0.2, 0) is 15.9 Å². The maximum absolute atomic E-state index is 12.5. The van der Waals surface area contributed by atoms with E-state index < -0.39 is 10.0 Å². The maximum Gasteiger partial charge on any atom is 0.242 e. The lowest BCUT2D eigenvalue weighted by atomic mass is 10.2. The van der Waals surface area contributed by atoms with E-state index in [1.165, 1.54) is 4.31 Å². The fraction of sp³-hybridized carbons (Fsp3) is 0.600. The average molecular weight is 332 g/mol. The van der Waals surface area contributed by atoms with E-state index in [0.29, 0.717) is 30.4 Å². The van der Waals surface area contributed by atoms with Crippen molar-refractivity contribution in [2.45, 2.75) is 37.0 Å². The summed E-state index contributed by atoms with van der Waals surface area (Å²) in [5, 5.41) is 0. The van der Waals surface area contributed by atoms with Crippen LogP contribution < -0.4 is 4.74 Å². The highest BCUT2D eigenvalue weighted by molar-refractivity contribution is 7.89. The lowest BCUT2D eigenvalue weighted by molar-refractivity contribution is 0.315. The number of nitrogens with zero attached hydrogens (tertiary/aromatic N) is 1. The second kappa shape index (κ2) is 6.99. The van der Waals surface area contributed by atoms with Crippen LogP contribution in [0.25, 0.3) is 0 Å². The standard InChI is InChI=1S/C15H22ClNO3S/c1-3-8-20-15-7-6-14(9-13(15)10-16)21(18,19)17(2)11-12-4-5-12/h6-7,9,12H,3-5,8,10-11H2,1-2H3. The number of benzene rings is 1. The Morgan fingerprint density at radius 2 is 2.10 bits per heavy atom. The fourth-order valence-electron chi connectivity index (χ4n) is 2.12. The molecule has 21 heavy (non-hydrogen) atoms. The molecule has 0 amide bonds. The quantitative estimate of drug-likeness (QED) is 0.687. The zero-order valence-corrected chi connectivity index (χ0v) is 14.1. The van der Waals surface area contributed by atoms with E-state index >= 15 is 0 Å². The van der Waals surface area contributed by atoms with Crippen molar-refractivity contribution in [3.8, 4) is 5.75 Å². The van der Waals surface area contributed by atoms with Crippen LogP contribution in [0.2, 0.25) is 0 Å². The first kappa shape index (κ1) is 16.6. The Bertz CT molecular complexity index is 585. The molecule has 0 unspecified atom stereocenters. The molecule has 6 heteroatoms. The van der Waals surface area contributed by atoms with E-state index in [0.717, 1.165) is 19.3 Å². The van der Waals surface area contributed by atoms with Gasteiger partial charge in [-0.3, -0.25) is 0 Å². The molecule has 1 aliphatic carbocycles. The predicted octanol–water partition coefficient (Wildman–Crippen LogP) is 3.24. The highest BCUT2D eigenvalue weighted by atomic mass is 35.5. The molecule has 0 saturated heterocycles. The Morgan fingerprint density at radius 3 is 2.67 bits per heavy atom. The van der Waals surface area contributed by atoms with Gasteiger partial charge < -0.3 is 4.74 Å². The van der Waals surface area contributed by atoms with E-state index in [1.54, 1.807) is 25.2 Å². The zero-order chi connectivity index (χ0) is 15.5. The summed E-state index contributed by atoms with van der Waals surface area (Å²) in [7, 11) is -1.81. The third kappa shape index (κ3) is 4.11. The number of ether oxygens (including phenoxy) is 1. The smallest absolute Gasteiger partial charge is 0.242 e. The Morgan fingerprint density at radius 1 is 1.38 bits per heavy atom. The first-order valence-electron chi connectivity index (χ1n) is 7.27. The van der Waals surface area contributed by atoms with Gasteiger partial charge in [0.05, 0.1) is 17.4 Å². The van der Waals surface area contributed by atoms with Gasteiger partial charge in [-0.15, -0.1) is 11.6 Å². The van der Waals surface area contributed by atoms with Gasteiger partial charge in [0.25, 0.3) is 0 Å². The maximum atomic E-state index is 12.5. The first-order valence-corrected chi connectivity index (χ1v) is 9.24. The number of halogens is 1. The third-order valence-electron chi connectivity index (χ3n) is 3.56. The SMILES string of the molecule is CCCOc1ccc(S(=O)(=O)N(C)CC2CC2)cc1CCl. The largest absolute Gasteiger partial charge is 0.493 e. The molecule has 0 spiro atoms. The fourth-order valence-corrected chi connectivity index (χ4v) is 3.62. The van der Waals surface area contributed by atoms with Gasteiger partial charge >= 0.3 is 0 Å². The van der Waals surface area contributed by atoms with E-state index in [2.05, 4.69) is 0 Å². The van der Waals surface area contributed by atoms with E-state index in [-0.39, 0.29) is 10.8 Å². The summed E-state index contributed by atoms with van der Waals surface area (Å²) in [5.74, 6) is 1.41. The summed E-state index contributed by atoms with van der Waals surface area (Å²) in [6.07, 6.45) is 3.14. The summed E-state index contributed by atoms with van der Waals surface area (Å²) in [6.45, 7) is 3.20. The minimum atomic E-state index is -3.44. The molecular formula is C15H22ClNO3S. The summed E-state index contributed by atoms with van der Waals surface area (Å²) in [6, 6.07) is 4.92. The Balaban J connectivity index is 2.21. The third-order valence-corrected chi connectivity index (χ3v) is 5.67. The van der Waals surface area contributed by atoms with Crippen molar-refractivity contribution in [1.82, 2.24) is 4.31 Å². The van der Waals surface area contributed by atoms with Gasteiger partial charge in [-0.2, -0.15) is 0 Å². The molecule has 4 nitrogen and oxygen atoms in total. The van der Waals surface area contributed by atoms with Crippen LogP contribution in [0.3, 0.4) is 0 Å². The molecule has 0 bridgehead atoms. The lowest BCUT2D eigenvalue weighted by Crippen LogP contribution is -2.29. The van der Waals surface area contributed by atoms with Crippen LogP contribution in [0.1, 0.15) is 31.7 Å². The van der Waals surface area contributed by atoms with Crippen molar-refractivity contribution in [2.75, 3.05) is 20.2 Å². The molecule has 1 saturated carbocycles. The summed E-state index contributed by atoms with van der Waals surface area (Å²) >= 11 is 5.92. The van der Waals surface area contributed by atoms with Crippen LogP contribution in [0.4, 0.5) is 0 Å². The summed E-state index contributed by atoms with van der Waals surface area (Å²) in [5.41, 5.74) is 0.714. The number of alkyl halides is 1. The van der Waals surface area contributed by atoms with Gasteiger partial charge in [-0.25, -0.2) is 12.7 Å². The van der Waals surface area contributed by atoms with Crippen molar-refractivity contribution < 1.29 is 13.2 Å². The molecule has 1 aromatic rings. The van der Waals surface area contributed by atoms with Crippen molar-refractivity contribution in [2.24, 2.45) is 5.92 Å². The molecule has 1 aliphatic rings. The molecule has 1 aromatic carbocycles. The number of rotatable bonds is 8. The second-order valence-corrected chi connectivity index (χ2v) is 7.79. The number of sulfonamides is 1. The van der Waals surface area contributed by atoms with Crippen LogP contribution in [0, 0.1) is 5.92 Å². The molecule has 0 aliphatic heterocycles. The van der Waals surface area contributed by atoms with E-state index in [1.807, 2.05) is 6.92 Å². The van der Waals surface area contributed by atoms with E-state index in [9.17, 15) is 8.42 Å². The van der Waals surface area contributed by atoms with Crippen molar-refractivity contribution in [1.29, 1.82) is 0 Å². The zero-order valence-electron chi connectivity index (χ0n) is 12.5. The minimum absolute atomic E-state index is 0.231. The monoisotopic (exact) mass is 331 g/mol. The van der Waals surface area contributed by atoms with Crippen molar-refractivity contribution >= 4 is 21.6 Å². The Labute approximate surface area is 132 Å². The van der Waals surface area contributed by atoms with Crippen LogP contribution in [0.15, 0.2) is 23.1 Å². The molecular weight excluding hydrogens is 310 g/mol. The van der Waals surface area contributed by atoms with Crippen molar-refractivity contribution in [3.05, 3.63) is 23.8 Å². The normalized spacial score (nSPS) is 15.4. The molecule has 1 fully saturated rings. The summed E-state index contributed by atoms with van der Waals surface area (Å²) in [4.78, 5) is 0.283. The molecule has 0 N–H and O–H groups in total. The molecule has 0 radical (unpaired) electrons. The van der Waals surface area contributed by atoms with Gasteiger partial charge in [0.15, 0.2) is 0 Å². The predicted molar refractivity (Wildman–Crippen MR) is 84.3 cm³/mol. The molecule has 118 valence electrons. The van der Waals surface area contributed by atoms with Crippen LogP contribution >= 0.6 is 11.6 Å². The number of hydrogen-bond donors (Lipinski definition) is 0. The van der Waals surface area contributed by atoms with Gasteiger partial charge in [0.1, 0.15) is 5.75 Å². The van der Waals surface area contributed by atoms with Gasteiger partial charge in [0, 0.05) is 19.2 Å². The molecule has 0 heterocycles. The Kier molecular flexibility index (Phi) is 5.52. The topological polar surface area (TPSA) is 46.6 Å². The lowest BCUT2D eigenvalue weighted by Gasteiger charge is -2.18. The number of hydrogen-bond acceptors (Lipinski definition) is 3. The molecule has 0 atom stereocenters. The second-order valence-electron chi connectivity index (χ2n) is 5.48. The first-order chi connectivity index (χ1) is 9.98. The van der Waals surface area contributed by atoms with Gasteiger partial charge in [-0.1, -0.05) is 6.92 Å². The van der Waals surface area contributed by atoms with E-state index in [4.69, 9.17) is 16.3 Å². The molecule has 0 aromatic heterocycles. The van der Waals surface area contributed by atoms with Crippen molar-refractivity contribution in [3.63, 3.8) is 0 Å². The molecule has 2 rings (SSSR count). The highest BCUT2D eigenvalue weighted by Gasteiger charge is 2.29. The van der Waals surface area contributed by atoms with Crippen LogP contribution in [0.5, 0.6) is 5.75 Å². The highest BCUT2D eigenvalue weighted by Crippen LogP contribution is 2.32. The average Bonchev–Trinajstić information content (AvgIpc) is 3.28. The minimum Gasteiger partial charge on any atom is -0.493 e. The van der Waals surface area contributed by atoms with Gasteiger partial charge in [0.2, 0.25) is 10.0 Å². The Hall–Kier alpha value is -0.780. The van der Waals surface area contributed by atoms with Crippen LogP contribution in [-0.4, -0.2) is 32.9 Å². The van der Waals surface area contributed by atoms with Gasteiger partial charge in [-0.05, 0) is 43.4 Å².